The molecule has 1 aliphatic rings. The van der Waals surface area contributed by atoms with E-state index in [-0.39, 0.29) is 17.7 Å². The van der Waals surface area contributed by atoms with Crippen LogP contribution in [0.1, 0.15) is 135 Å². The van der Waals surface area contributed by atoms with Gasteiger partial charge in [-0.15, -0.1) is 0 Å². The van der Waals surface area contributed by atoms with Gasteiger partial charge in [0, 0.05) is 25.3 Å². The van der Waals surface area contributed by atoms with Gasteiger partial charge in [0.05, 0.1) is 32.2 Å². The summed E-state index contributed by atoms with van der Waals surface area (Å²) >= 11 is 0. The van der Waals surface area contributed by atoms with Crippen LogP contribution in [0, 0.1) is 0 Å². The number of rotatable bonds is 25. The van der Waals surface area contributed by atoms with Gasteiger partial charge in [-0.1, -0.05) is 96.1 Å². The van der Waals surface area contributed by atoms with Crippen molar-refractivity contribution in [2.45, 2.75) is 190 Å². The Morgan fingerprint density at radius 1 is 0.520 bits per heavy atom. The first-order valence-corrected chi connectivity index (χ1v) is 25.5. The molecule has 0 radical (unpaired) electrons. The van der Waals surface area contributed by atoms with E-state index in [4.69, 9.17) is 17.2 Å². The Labute approximate surface area is 435 Å². The van der Waals surface area contributed by atoms with Gasteiger partial charge in [0.15, 0.2) is 0 Å². The summed E-state index contributed by atoms with van der Waals surface area (Å²) in [4.78, 5) is 147. The van der Waals surface area contributed by atoms with E-state index in [0.29, 0.717) is 12.8 Å². The van der Waals surface area contributed by atoms with Crippen molar-refractivity contribution in [2.75, 3.05) is 13.2 Å². The fourth-order valence-corrected chi connectivity index (χ4v) is 8.09. The van der Waals surface area contributed by atoms with E-state index >= 15 is 0 Å². The number of carbonyl (C=O) groups is 11. The largest absolute Gasteiger partial charge is 0.508 e. The minimum atomic E-state index is -1.91. The van der Waals surface area contributed by atoms with Gasteiger partial charge in [0.25, 0.3) is 0 Å². The maximum atomic E-state index is 14.1. The number of primary amides is 3. The van der Waals surface area contributed by atoms with Crippen molar-refractivity contribution < 1.29 is 73.2 Å². The standard InChI is InChI=1S/C49H79N11O15/c1-3-4-5-6-7-8-9-10-11-12-13-14-15-30-23-41(68)54-36(26-61)47(73)55-32(20-21-38(50)65)43(69)57-34(24-39(51)66)45(71)56-33(22-29-16-18-31(64)19-17-29)44(70)58-35(25-40(52)67)46(72)59-37(27-62)48(74)60-42(28(2)63)49(75)53-30/h16-19,28,30,32-37,42,61-64H,3-15,20-27H2,1-2H3,(H2,50,65)(H2,51,66)(H2,52,67)(H,53,75)(H,54,68)(H,55,73)(H,56,71)(H,57,69)(H,58,70)(H,59,72)(H,60,74). The van der Waals surface area contributed by atoms with E-state index in [2.05, 4.69) is 49.5 Å². The molecule has 26 heteroatoms. The van der Waals surface area contributed by atoms with Crippen molar-refractivity contribution in [1.82, 2.24) is 42.5 Å². The van der Waals surface area contributed by atoms with E-state index < -0.39 is 171 Å². The Morgan fingerprint density at radius 3 is 1.41 bits per heavy atom. The predicted octanol–water partition coefficient (Wildman–Crippen LogP) is -3.31. The summed E-state index contributed by atoms with van der Waals surface area (Å²) in [5.41, 5.74) is 16.5. The maximum absolute atomic E-state index is 14.1. The summed E-state index contributed by atoms with van der Waals surface area (Å²) in [5, 5.41) is 59.7. The molecule has 420 valence electrons. The third kappa shape index (κ3) is 25.2. The SMILES string of the molecule is CCCCCCCCCCCCCCC1CC(=O)NC(CO)C(=O)NC(CCC(N)=O)C(=O)NC(CC(N)=O)C(=O)NC(Cc2ccc(O)cc2)C(=O)NC(CC(N)=O)C(=O)NC(CO)C(=O)NC(C(C)O)C(=O)N1. The van der Waals surface area contributed by atoms with Crippen LogP contribution in [0.2, 0.25) is 0 Å². The number of carbonyl (C=O) groups excluding carboxylic acids is 11. The lowest BCUT2D eigenvalue weighted by molar-refractivity contribution is -0.137. The van der Waals surface area contributed by atoms with Crippen molar-refractivity contribution in [3.05, 3.63) is 29.8 Å². The van der Waals surface area contributed by atoms with E-state index in [1.165, 1.54) is 56.4 Å². The zero-order valence-electron chi connectivity index (χ0n) is 42.9. The predicted molar refractivity (Wildman–Crippen MR) is 269 cm³/mol. The van der Waals surface area contributed by atoms with Crippen LogP contribution in [-0.4, -0.2) is 153 Å². The van der Waals surface area contributed by atoms with Crippen molar-refractivity contribution in [3.8, 4) is 5.75 Å². The number of aromatic hydroxyl groups is 1. The quantitative estimate of drug-likeness (QED) is 0.0427. The first-order chi connectivity index (χ1) is 35.6. The summed E-state index contributed by atoms with van der Waals surface area (Å²) in [6.07, 6.45) is 7.02. The maximum Gasteiger partial charge on any atom is 0.245 e. The van der Waals surface area contributed by atoms with Crippen LogP contribution >= 0.6 is 0 Å². The number of aliphatic hydroxyl groups is 3. The molecule has 1 heterocycles. The number of benzene rings is 1. The summed E-state index contributed by atoms with van der Waals surface area (Å²) in [7, 11) is 0. The Morgan fingerprint density at radius 2 is 0.933 bits per heavy atom. The molecule has 26 nitrogen and oxygen atoms in total. The number of nitrogens with two attached hydrogens (primary N) is 3. The molecule has 18 N–H and O–H groups in total. The van der Waals surface area contributed by atoms with E-state index in [0.717, 1.165) is 39.0 Å². The average molecular weight is 1060 g/mol. The normalized spacial score (nSPS) is 23.5. The molecule has 1 fully saturated rings. The zero-order valence-corrected chi connectivity index (χ0v) is 42.9. The molecule has 0 aliphatic carbocycles. The minimum absolute atomic E-state index is 0.179. The number of hydrogen-bond acceptors (Lipinski definition) is 15. The molecule has 1 aliphatic heterocycles. The number of aliphatic hydroxyl groups excluding tert-OH is 3. The van der Waals surface area contributed by atoms with Crippen LogP contribution in [0.15, 0.2) is 24.3 Å². The lowest BCUT2D eigenvalue weighted by atomic mass is 10.0. The van der Waals surface area contributed by atoms with Gasteiger partial charge in [-0.25, -0.2) is 0 Å². The number of unbranched alkanes of at least 4 members (excludes halogenated alkanes) is 11. The first-order valence-electron chi connectivity index (χ1n) is 25.5. The molecule has 0 bridgehead atoms. The summed E-state index contributed by atoms with van der Waals surface area (Å²) in [6.45, 7) is 1.16. The lowest BCUT2D eigenvalue weighted by Crippen LogP contribution is -2.62. The van der Waals surface area contributed by atoms with Crippen molar-refractivity contribution >= 4 is 65.0 Å². The fraction of sp³-hybridized carbons (Fsp3) is 0.653. The molecule has 1 saturated heterocycles. The number of hydrogen-bond donors (Lipinski definition) is 15. The highest BCUT2D eigenvalue weighted by molar-refractivity contribution is 6.00. The Hall–Kier alpha value is -6.93. The van der Waals surface area contributed by atoms with Crippen LogP contribution in [0.5, 0.6) is 5.75 Å². The van der Waals surface area contributed by atoms with E-state index in [1.54, 1.807) is 0 Å². The van der Waals surface area contributed by atoms with Crippen molar-refractivity contribution in [3.63, 3.8) is 0 Å². The molecule has 0 saturated carbocycles. The second-order valence-corrected chi connectivity index (χ2v) is 18.8. The highest BCUT2D eigenvalue weighted by Gasteiger charge is 2.36. The van der Waals surface area contributed by atoms with Gasteiger partial charge in [-0.05, 0) is 37.5 Å². The third-order valence-electron chi connectivity index (χ3n) is 12.3. The van der Waals surface area contributed by atoms with Crippen molar-refractivity contribution in [1.29, 1.82) is 0 Å². The molecular weight excluding hydrogens is 983 g/mol. The highest BCUT2D eigenvalue weighted by Crippen LogP contribution is 2.16. The number of phenols is 1. The summed E-state index contributed by atoms with van der Waals surface area (Å²) < 4.78 is 0. The minimum Gasteiger partial charge on any atom is -0.508 e. The second kappa shape index (κ2) is 34.5. The molecule has 1 aromatic carbocycles. The van der Waals surface area contributed by atoms with Gasteiger partial charge in [-0.3, -0.25) is 52.7 Å². The van der Waals surface area contributed by atoms with E-state index in [9.17, 15) is 73.2 Å². The van der Waals surface area contributed by atoms with Gasteiger partial charge in [0.1, 0.15) is 48.0 Å². The van der Waals surface area contributed by atoms with Gasteiger partial charge in [0.2, 0.25) is 65.0 Å². The monoisotopic (exact) mass is 1060 g/mol. The fourth-order valence-electron chi connectivity index (χ4n) is 8.09. The molecule has 11 amide bonds. The summed E-state index contributed by atoms with van der Waals surface area (Å²) in [5.74, 6) is -12.6. The number of amides is 11. The molecule has 0 spiro atoms. The Bertz CT molecular complexity index is 2080. The molecule has 9 atom stereocenters. The van der Waals surface area contributed by atoms with Crippen LogP contribution in [-0.2, 0) is 59.2 Å². The second-order valence-electron chi connectivity index (χ2n) is 18.8. The highest BCUT2D eigenvalue weighted by atomic mass is 16.3. The van der Waals surface area contributed by atoms with Gasteiger partial charge < -0.3 is 80.2 Å². The third-order valence-corrected chi connectivity index (χ3v) is 12.3. The molecule has 9 unspecified atom stereocenters. The first kappa shape index (κ1) is 64.2. The van der Waals surface area contributed by atoms with E-state index in [1.807, 2.05) is 0 Å². The smallest absolute Gasteiger partial charge is 0.245 e. The molecule has 0 aromatic heterocycles. The molecule has 75 heavy (non-hydrogen) atoms. The average Bonchev–Trinajstić information content (AvgIpc) is 3.34. The van der Waals surface area contributed by atoms with Gasteiger partial charge in [-0.2, -0.15) is 0 Å². The zero-order chi connectivity index (χ0) is 56.0. The van der Waals surface area contributed by atoms with Crippen LogP contribution in [0.25, 0.3) is 0 Å². The van der Waals surface area contributed by atoms with Crippen LogP contribution in [0.4, 0.5) is 0 Å². The Balaban J connectivity index is 2.62. The molecule has 1 aromatic rings. The number of phenolic OH excluding ortho intramolecular Hbond substituents is 1. The number of nitrogens with one attached hydrogen (secondary N) is 8. The topological polar surface area (TPSA) is 443 Å². The Kier molecular flexibility index (Phi) is 29.6. The molecule has 2 rings (SSSR count). The van der Waals surface area contributed by atoms with Crippen LogP contribution in [0.3, 0.4) is 0 Å². The molecular formula is C49H79N11O15. The van der Waals surface area contributed by atoms with Crippen LogP contribution < -0.4 is 59.7 Å². The van der Waals surface area contributed by atoms with Crippen molar-refractivity contribution in [2.24, 2.45) is 17.2 Å². The summed E-state index contributed by atoms with van der Waals surface area (Å²) in [6, 6.07) is -8.51. The lowest BCUT2D eigenvalue weighted by Gasteiger charge is -2.28. The van der Waals surface area contributed by atoms with Gasteiger partial charge >= 0.3 is 0 Å².